The predicted octanol–water partition coefficient (Wildman–Crippen LogP) is 3.96. The van der Waals surface area contributed by atoms with Gasteiger partial charge in [-0.2, -0.15) is 0 Å². The lowest BCUT2D eigenvalue weighted by atomic mass is 10.1. The van der Waals surface area contributed by atoms with Gasteiger partial charge in [0.15, 0.2) is 0 Å². The van der Waals surface area contributed by atoms with E-state index in [9.17, 15) is 9.59 Å². The molecule has 0 heterocycles. The highest BCUT2D eigenvalue weighted by Gasteiger charge is 2.24. The Kier molecular flexibility index (Phi) is 9.01. The Hall–Kier alpha value is -2.04. The lowest BCUT2D eigenvalue weighted by Gasteiger charge is -2.31. The van der Waals surface area contributed by atoms with Gasteiger partial charge in [-0.05, 0) is 31.4 Å². The van der Waals surface area contributed by atoms with Crippen LogP contribution >= 0.6 is 0 Å². The molecule has 1 amide bonds. The maximum Gasteiger partial charge on any atom is 0.307 e. The smallest absolute Gasteiger partial charge is 0.307 e. The average molecular weight is 361 g/mol. The number of nitrogens with zero attached hydrogens (tertiary/aromatic N) is 1. The van der Waals surface area contributed by atoms with Crippen LogP contribution in [0.3, 0.4) is 0 Å². The maximum absolute atomic E-state index is 12.8. The van der Waals surface area contributed by atoms with Crippen LogP contribution in [-0.2, 0) is 14.3 Å². The van der Waals surface area contributed by atoms with Gasteiger partial charge in [-0.15, -0.1) is 0 Å². The van der Waals surface area contributed by atoms with Crippen LogP contribution in [0.5, 0.6) is 5.75 Å². The minimum absolute atomic E-state index is 0.123. The summed E-state index contributed by atoms with van der Waals surface area (Å²) in [6.45, 7) is 0.973. The van der Waals surface area contributed by atoms with Crippen LogP contribution in [0.15, 0.2) is 30.3 Å². The van der Waals surface area contributed by atoms with Crippen molar-refractivity contribution in [2.24, 2.45) is 0 Å². The van der Waals surface area contributed by atoms with Crippen molar-refractivity contribution in [2.75, 3.05) is 20.3 Å². The first-order chi connectivity index (χ1) is 12.7. The number of carbonyl (C=O) groups excluding carboxylic acids is 2. The molecular weight excluding hydrogens is 330 g/mol. The van der Waals surface area contributed by atoms with E-state index in [0.717, 1.165) is 31.4 Å². The number of amides is 1. The molecule has 0 unspecified atom stereocenters. The van der Waals surface area contributed by atoms with Crippen LogP contribution in [-0.4, -0.2) is 43.1 Å². The first-order valence-electron chi connectivity index (χ1n) is 9.75. The van der Waals surface area contributed by atoms with E-state index in [1.165, 1.54) is 20.0 Å². The quantitative estimate of drug-likeness (QED) is 0.379. The van der Waals surface area contributed by atoms with E-state index in [-0.39, 0.29) is 24.3 Å². The zero-order valence-corrected chi connectivity index (χ0v) is 15.8. The topological polar surface area (TPSA) is 55.8 Å². The molecule has 1 aromatic carbocycles. The second-order valence-corrected chi connectivity index (χ2v) is 6.82. The fourth-order valence-corrected chi connectivity index (χ4v) is 3.47. The van der Waals surface area contributed by atoms with Gasteiger partial charge in [-0.1, -0.05) is 43.9 Å². The fourth-order valence-electron chi connectivity index (χ4n) is 3.47. The summed E-state index contributed by atoms with van der Waals surface area (Å²) in [5.74, 6) is 0.688. The standard InChI is InChI=1S/C21H31NO4/c1-25-21(24)15-16-22(18-10-5-2-3-6-11-18)20(23)14-9-17-26-19-12-7-4-8-13-19/h4,7-8,12-13,18H,2-3,5-6,9-11,14-17H2,1H3. The average Bonchev–Trinajstić information content (AvgIpc) is 2.95. The van der Waals surface area contributed by atoms with Crippen LogP contribution < -0.4 is 4.74 Å². The van der Waals surface area contributed by atoms with E-state index in [2.05, 4.69) is 0 Å². The Morgan fingerprint density at radius 3 is 2.38 bits per heavy atom. The van der Waals surface area contributed by atoms with E-state index in [1.54, 1.807) is 0 Å². The minimum Gasteiger partial charge on any atom is -0.494 e. The summed E-state index contributed by atoms with van der Waals surface area (Å²) in [6, 6.07) is 9.89. The van der Waals surface area contributed by atoms with Gasteiger partial charge in [-0.25, -0.2) is 0 Å². The van der Waals surface area contributed by atoms with Gasteiger partial charge in [-0.3, -0.25) is 9.59 Å². The van der Waals surface area contributed by atoms with E-state index in [1.807, 2.05) is 35.2 Å². The molecule has 1 aromatic rings. The highest BCUT2D eigenvalue weighted by atomic mass is 16.5. The number of ether oxygens (including phenoxy) is 2. The molecule has 5 nitrogen and oxygen atoms in total. The molecule has 0 aromatic heterocycles. The number of para-hydroxylation sites is 1. The van der Waals surface area contributed by atoms with Gasteiger partial charge in [0.1, 0.15) is 5.75 Å². The van der Waals surface area contributed by atoms with Crippen molar-refractivity contribution in [3.05, 3.63) is 30.3 Å². The number of esters is 1. The molecule has 1 aliphatic rings. The second-order valence-electron chi connectivity index (χ2n) is 6.82. The Morgan fingerprint density at radius 2 is 1.73 bits per heavy atom. The zero-order chi connectivity index (χ0) is 18.6. The van der Waals surface area contributed by atoms with Gasteiger partial charge in [0, 0.05) is 19.0 Å². The molecule has 5 heteroatoms. The summed E-state index contributed by atoms with van der Waals surface area (Å²) in [7, 11) is 1.39. The number of methoxy groups -OCH3 is 1. The first kappa shape index (κ1) is 20.3. The third-order valence-corrected chi connectivity index (χ3v) is 4.92. The molecule has 26 heavy (non-hydrogen) atoms. The van der Waals surface area contributed by atoms with Crippen molar-refractivity contribution in [3.63, 3.8) is 0 Å². The lowest BCUT2D eigenvalue weighted by Crippen LogP contribution is -2.41. The SMILES string of the molecule is COC(=O)CCN(C(=O)CCCOc1ccccc1)C1CCCCCC1. The molecule has 0 atom stereocenters. The van der Waals surface area contributed by atoms with Crippen molar-refractivity contribution in [1.29, 1.82) is 0 Å². The van der Waals surface area contributed by atoms with E-state index >= 15 is 0 Å². The predicted molar refractivity (Wildman–Crippen MR) is 101 cm³/mol. The molecule has 0 saturated heterocycles. The summed E-state index contributed by atoms with van der Waals surface area (Å²) < 4.78 is 10.4. The van der Waals surface area contributed by atoms with Gasteiger partial charge in [0.2, 0.25) is 5.91 Å². The molecule has 144 valence electrons. The van der Waals surface area contributed by atoms with Crippen LogP contribution in [0.4, 0.5) is 0 Å². The lowest BCUT2D eigenvalue weighted by molar-refractivity contribution is -0.142. The van der Waals surface area contributed by atoms with Gasteiger partial charge < -0.3 is 14.4 Å². The largest absolute Gasteiger partial charge is 0.494 e. The molecule has 0 radical (unpaired) electrons. The monoisotopic (exact) mass is 361 g/mol. The maximum atomic E-state index is 12.8. The van der Waals surface area contributed by atoms with Crippen molar-refractivity contribution < 1.29 is 19.1 Å². The van der Waals surface area contributed by atoms with Crippen LogP contribution in [0.2, 0.25) is 0 Å². The summed E-state index contributed by atoms with van der Waals surface area (Å²) in [6.07, 6.45) is 8.24. The van der Waals surface area contributed by atoms with Crippen LogP contribution in [0.1, 0.15) is 57.8 Å². The highest BCUT2D eigenvalue weighted by molar-refractivity contribution is 5.77. The van der Waals surface area contributed by atoms with Gasteiger partial charge in [0.25, 0.3) is 0 Å². The normalized spacial score (nSPS) is 15.1. The van der Waals surface area contributed by atoms with E-state index < -0.39 is 0 Å². The zero-order valence-electron chi connectivity index (χ0n) is 15.8. The number of carbonyl (C=O) groups is 2. The number of rotatable bonds is 9. The Morgan fingerprint density at radius 1 is 1.04 bits per heavy atom. The summed E-state index contributed by atoms with van der Waals surface area (Å²) in [5, 5.41) is 0. The molecule has 2 rings (SSSR count). The molecule has 0 aliphatic heterocycles. The van der Waals surface area contributed by atoms with Crippen LogP contribution in [0, 0.1) is 0 Å². The third kappa shape index (κ3) is 7.06. The summed E-state index contributed by atoms with van der Waals surface area (Å²) >= 11 is 0. The molecule has 1 saturated carbocycles. The van der Waals surface area contributed by atoms with Gasteiger partial charge >= 0.3 is 5.97 Å². The molecular formula is C21H31NO4. The Bertz CT molecular complexity index is 538. The number of hydrogen-bond acceptors (Lipinski definition) is 4. The molecule has 0 spiro atoms. The van der Waals surface area contributed by atoms with Crippen molar-refractivity contribution in [3.8, 4) is 5.75 Å². The van der Waals surface area contributed by atoms with Gasteiger partial charge in [0.05, 0.1) is 20.1 Å². The Balaban J connectivity index is 1.83. The van der Waals surface area contributed by atoms with Crippen molar-refractivity contribution >= 4 is 11.9 Å². The third-order valence-electron chi connectivity index (χ3n) is 4.92. The van der Waals surface area contributed by atoms with E-state index in [0.29, 0.717) is 26.0 Å². The first-order valence-corrected chi connectivity index (χ1v) is 9.75. The Labute approximate surface area is 156 Å². The molecule has 1 aliphatic carbocycles. The van der Waals surface area contributed by atoms with E-state index in [4.69, 9.17) is 9.47 Å². The van der Waals surface area contributed by atoms with Crippen LogP contribution in [0.25, 0.3) is 0 Å². The minimum atomic E-state index is -0.260. The fraction of sp³-hybridized carbons (Fsp3) is 0.619. The summed E-state index contributed by atoms with van der Waals surface area (Å²) in [5.41, 5.74) is 0. The molecule has 1 fully saturated rings. The molecule has 0 N–H and O–H groups in total. The number of hydrogen-bond donors (Lipinski definition) is 0. The number of benzene rings is 1. The van der Waals surface area contributed by atoms with Crippen molar-refractivity contribution in [1.82, 2.24) is 4.90 Å². The highest BCUT2D eigenvalue weighted by Crippen LogP contribution is 2.23. The van der Waals surface area contributed by atoms with Crippen molar-refractivity contribution in [2.45, 2.75) is 63.8 Å². The molecule has 0 bridgehead atoms. The second kappa shape index (κ2) is 11.6. The summed E-state index contributed by atoms with van der Waals surface area (Å²) in [4.78, 5) is 26.2.